The molecule has 1 unspecified atom stereocenters. The Morgan fingerprint density at radius 1 is 1.42 bits per heavy atom. The van der Waals surface area contributed by atoms with Crippen molar-refractivity contribution in [2.75, 3.05) is 25.4 Å². The number of hydrogen-bond donors (Lipinski definition) is 3. The van der Waals surface area contributed by atoms with Gasteiger partial charge in [-0.1, -0.05) is 6.07 Å². The number of thiazole rings is 1. The summed E-state index contributed by atoms with van der Waals surface area (Å²) >= 11 is 1.38. The molecule has 3 rings (SSSR count). The predicted octanol–water partition coefficient (Wildman–Crippen LogP) is 0.170. The number of carbonyl (C=O) groups is 2. The fourth-order valence-corrected chi connectivity index (χ4v) is 3.49. The maximum Gasteiger partial charge on any atom is 0.237 e. The van der Waals surface area contributed by atoms with Gasteiger partial charge in [-0.2, -0.15) is 0 Å². The van der Waals surface area contributed by atoms with Crippen molar-refractivity contribution >= 4 is 28.3 Å². The largest absolute Gasteiger partial charge is 0.375 e. The van der Waals surface area contributed by atoms with E-state index in [-0.39, 0.29) is 18.2 Å². The molecule has 4 N–H and O–H groups in total. The van der Waals surface area contributed by atoms with Crippen molar-refractivity contribution in [3.05, 3.63) is 41.2 Å². The summed E-state index contributed by atoms with van der Waals surface area (Å²) in [6.45, 7) is 2.29. The smallest absolute Gasteiger partial charge is 0.237 e. The van der Waals surface area contributed by atoms with Gasteiger partial charge in [0.05, 0.1) is 23.9 Å². The van der Waals surface area contributed by atoms with E-state index in [4.69, 9.17) is 5.73 Å². The van der Waals surface area contributed by atoms with Crippen LogP contribution < -0.4 is 16.4 Å². The summed E-state index contributed by atoms with van der Waals surface area (Å²) in [5, 5.41) is 8.09. The molecule has 0 radical (unpaired) electrons. The normalized spacial score (nSPS) is 17.7. The second-order valence-corrected chi connectivity index (χ2v) is 6.97. The second kappa shape index (κ2) is 8.72. The van der Waals surface area contributed by atoms with Crippen LogP contribution in [0.25, 0.3) is 0 Å². The number of nitrogens with zero attached hydrogens (tertiary/aromatic N) is 3. The zero-order chi connectivity index (χ0) is 18.4. The molecule has 0 aromatic carbocycles. The lowest BCUT2D eigenvalue weighted by atomic mass is 10.1. The molecule has 2 amide bonds. The molecule has 0 bridgehead atoms. The van der Waals surface area contributed by atoms with Crippen LogP contribution in [0.5, 0.6) is 0 Å². The summed E-state index contributed by atoms with van der Waals surface area (Å²) in [5.74, 6) is -0.268. The minimum Gasteiger partial charge on any atom is -0.375 e. The Morgan fingerprint density at radius 3 is 3.04 bits per heavy atom. The van der Waals surface area contributed by atoms with Gasteiger partial charge in [0.25, 0.3) is 0 Å². The minimum absolute atomic E-state index is 0.116. The molecule has 2 aromatic rings. The van der Waals surface area contributed by atoms with E-state index >= 15 is 0 Å². The Labute approximate surface area is 155 Å². The Hall–Kier alpha value is -2.52. The highest BCUT2D eigenvalue weighted by Crippen LogP contribution is 2.13. The third kappa shape index (κ3) is 4.99. The Balaban J connectivity index is 1.52. The first kappa shape index (κ1) is 18.3. The second-order valence-electron chi connectivity index (χ2n) is 6.08. The monoisotopic (exact) mass is 374 g/mol. The molecule has 8 nitrogen and oxygen atoms in total. The molecule has 138 valence electrons. The van der Waals surface area contributed by atoms with E-state index in [0.29, 0.717) is 37.7 Å². The molecule has 2 aromatic heterocycles. The molecule has 1 aliphatic heterocycles. The number of pyridine rings is 1. The fraction of sp³-hybridized carbons (Fsp3) is 0.412. The van der Waals surface area contributed by atoms with Crippen LogP contribution in [0.15, 0.2) is 29.8 Å². The van der Waals surface area contributed by atoms with Crippen molar-refractivity contribution in [3.63, 3.8) is 0 Å². The van der Waals surface area contributed by atoms with Crippen LogP contribution in [0.3, 0.4) is 0 Å². The highest BCUT2D eigenvalue weighted by Gasteiger charge is 2.31. The highest BCUT2D eigenvalue weighted by molar-refractivity contribution is 7.13. The van der Waals surface area contributed by atoms with Crippen LogP contribution in [-0.4, -0.2) is 52.4 Å². The van der Waals surface area contributed by atoms with E-state index < -0.39 is 6.04 Å². The minimum atomic E-state index is -0.485. The first-order chi connectivity index (χ1) is 12.6. The number of anilines is 1. The topological polar surface area (TPSA) is 113 Å². The molecule has 1 fully saturated rings. The maximum atomic E-state index is 12.3. The lowest BCUT2D eigenvalue weighted by Gasteiger charge is -2.34. The van der Waals surface area contributed by atoms with Crippen molar-refractivity contribution in [2.45, 2.75) is 25.4 Å². The zero-order valence-electron chi connectivity index (χ0n) is 14.4. The SMILES string of the molecule is Nc1nc(CCNC(=O)CC2C(=O)NCCN2Cc2ccccn2)cs1. The van der Waals surface area contributed by atoms with Crippen LogP contribution in [0.2, 0.25) is 0 Å². The molecular formula is C17H22N6O2S. The number of nitrogens with one attached hydrogen (secondary N) is 2. The molecule has 26 heavy (non-hydrogen) atoms. The van der Waals surface area contributed by atoms with Gasteiger partial charge in [0.2, 0.25) is 11.8 Å². The van der Waals surface area contributed by atoms with E-state index in [1.807, 2.05) is 28.5 Å². The fourth-order valence-electron chi connectivity index (χ4n) is 2.89. The molecule has 9 heteroatoms. The first-order valence-electron chi connectivity index (χ1n) is 8.50. The van der Waals surface area contributed by atoms with E-state index in [1.54, 1.807) is 6.20 Å². The van der Waals surface area contributed by atoms with Gasteiger partial charge in [-0.25, -0.2) is 4.98 Å². The lowest BCUT2D eigenvalue weighted by Crippen LogP contribution is -2.56. The van der Waals surface area contributed by atoms with E-state index in [0.717, 1.165) is 11.4 Å². The summed E-state index contributed by atoms with van der Waals surface area (Å²) < 4.78 is 0. The van der Waals surface area contributed by atoms with Gasteiger partial charge in [0.15, 0.2) is 5.13 Å². The van der Waals surface area contributed by atoms with Gasteiger partial charge in [-0.15, -0.1) is 11.3 Å². The standard InChI is InChI=1S/C17H22N6O2S/c18-17-22-13(11-26-17)4-6-20-15(24)9-14-16(25)21-7-8-23(14)10-12-3-1-2-5-19-12/h1-3,5,11,14H,4,6-10H2,(H2,18,22)(H,20,24)(H,21,25). The van der Waals surface area contributed by atoms with Gasteiger partial charge in [0, 0.05) is 44.2 Å². The Bertz CT molecular complexity index is 751. The van der Waals surface area contributed by atoms with Crippen LogP contribution in [0, 0.1) is 0 Å². The maximum absolute atomic E-state index is 12.3. The van der Waals surface area contributed by atoms with Crippen molar-refractivity contribution in [3.8, 4) is 0 Å². The number of aromatic nitrogens is 2. The van der Waals surface area contributed by atoms with Gasteiger partial charge < -0.3 is 16.4 Å². The third-order valence-electron chi connectivity index (χ3n) is 4.18. The molecule has 1 atom stereocenters. The molecule has 0 spiro atoms. The number of piperazine rings is 1. The van der Waals surface area contributed by atoms with Gasteiger partial charge in [0.1, 0.15) is 0 Å². The van der Waals surface area contributed by atoms with Crippen LogP contribution in [-0.2, 0) is 22.6 Å². The summed E-state index contributed by atoms with van der Waals surface area (Å²) in [5.41, 5.74) is 7.34. The zero-order valence-corrected chi connectivity index (χ0v) is 15.2. The molecular weight excluding hydrogens is 352 g/mol. The van der Waals surface area contributed by atoms with Crippen molar-refractivity contribution in [1.82, 2.24) is 25.5 Å². The Morgan fingerprint density at radius 2 is 2.31 bits per heavy atom. The predicted molar refractivity (Wildman–Crippen MR) is 99.3 cm³/mol. The van der Waals surface area contributed by atoms with Gasteiger partial charge in [-0.05, 0) is 12.1 Å². The number of rotatable bonds is 7. The highest BCUT2D eigenvalue weighted by atomic mass is 32.1. The average molecular weight is 374 g/mol. The average Bonchev–Trinajstić information content (AvgIpc) is 3.04. The van der Waals surface area contributed by atoms with Gasteiger partial charge >= 0.3 is 0 Å². The quantitative estimate of drug-likeness (QED) is 0.637. The molecule has 0 saturated carbocycles. The molecule has 1 saturated heterocycles. The third-order valence-corrected chi connectivity index (χ3v) is 4.91. The van der Waals surface area contributed by atoms with Crippen molar-refractivity contribution in [1.29, 1.82) is 0 Å². The van der Waals surface area contributed by atoms with Gasteiger partial charge in [-0.3, -0.25) is 19.5 Å². The Kier molecular flexibility index (Phi) is 6.13. The number of carbonyl (C=O) groups excluding carboxylic acids is 2. The number of hydrogen-bond acceptors (Lipinski definition) is 7. The molecule has 3 heterocycles. The summed E-state index contributed by atoms with van der Waals surface area (Å²) in [6, 6.07) is 5.20. The number of amides is 2. The van der Waals surface area contributed by atoms with E-state index in [1.165, 1.54) is 11.3 Å². The van der Waals surface area contributed by atoms with Crippen LogP contribution in [0.4, 0.5) is 5.13 Å². The van der Waals surface area contributed by atoms with Crippen molar-refractivity contribution < 1.29 is 9.59 Å². The summed E-state index contributed by atoms with van der Waals surface area (Å²) in [6.07, 6.45) is 2.47. The molecule has 0 aliphatic carbocycles. The lowest BCUT2D eigenvalue weighted by molar-refractivity contribution is -0.134. The van der Waals surface area contributed by atoms with Crippen LogP contribution >= 0.6 is 11.3 Å². The van der Waals surface area contributed by atoms with Crippen molar-refractivity contribution in [2.24, 2.45) is 0 Å². The number of nitrogens with two attached hydrogens (primary N) is 1. The van der Waals surface area contributed by atoms with E-state index in [9.17, 15) is 9.59 Å². The summed E-state index contributed by atoms with van der Waals surface area (Å²) in [4.78, 5) is 35.0. The van der Waals surface area contributed by atoms with E-state index in [2.05, 4.69) is 20.6 Å². The van der Waals surface area contributed by atoms with Crippen LogP contribution in [0.1, 0.15) is 17.8 Å². The first-order valence-corrected chi connectivity index (χ1v) is 9.38. The summed E-state index contributed by atoms with van der Waals surface area (Å²) in [7, 11) is 0. The molecule has 1 aliphatic rings. The number of nitrogen functional groups attached to an aromatic ring is 1.